The fourth-order valence-corrected chi connectivity index (χ4v) is 2.72. The van der Waals surface area contributed by atoms with E-state index < -0.39 is 11.9 Å². The number of para-hydroxylation sites is 1. The maximum Gasteiger partial charge on any atom is 0.305 e. The second-order valence-electron chi connectivity index (χ2n) is 4.99. The highest BCUT2D eigenvalue weighted by Crippen LogP contribution is 2.28. The van der Waals surface area contributed by atoms with Crippen LogP contribution in [0.15, 0.2) is 18.2 Å². The molecule has 1 aromatic heterocycles. The standard InChI is InChI=1S/C15H16Cl2N4O3/c1-3-20(8-7-12(22)23)15(24)14-18-9(2)21(19-14)13-10(16)5-4-6-11(13)17/h4-6H,3,7-8H2,1-2H3,(H,22,23). The number of benzene rings is 1. The summed E-state index contributed by atoms with van der Waals surface area (Å²) in [7, 11) is 0. The van der Waals surface area contributed by atoms with Crippen LogP contribution in [0.2, 0.25) is 10.0 Å². The number of hydrogen-bond acceptors (Lipinski definition) is 4. The smallest absolute Gasteiger partial charge is 0.305 e. The number of carbonyl (C=O) groups excluding carboxylic acids is 1. The maximum absolute atomic E-state index is 12.5. The Labute approximate surface area is 148 Å². The topological polar surface area (TPSA) is 88.3 Å². The van der Waals surface area contributed by atoms with Crippen molar-refractivity contribution in [1.29, 1.82) is 0 Å². The second kappa shape index (κ2) is 7.63. The number of rotatable bonds is 6. The van der Waals surface area contributed by atoms with Crippen molar-refractivity contribution in [2.45, 2.75) is 20.3 Å². The lowest BCUT2D eigenvalue weighted by Crippen LogP contribution is -2.33. The number of aliphatic carboxylic acids is 1. The summed E-state index contributed by atoms with van der Waals surface area (Å²) >= 11 is 12.3. The van der Waals surface area contributed by atoms with Crippen LogP contribution in [0.3, 0.4) is 0 Å². The molecule has 1 amide bonds. The third-order valence-electron chi connectivity index (χ3n) is 3.37. The predicted molar refractivity (Wildman–Crippen MR) is 89.9 cm³/mol. The Balaban J connectivity index is 2.34. The number of aromatic nitrogens is 3. The van der Waals surface area contributed by atoms with Crippen molar-refractivity contribution in [3.05, 3.63) is 39.9 Å². The molecule has 0 bridgehead atoms. The van der Waals surface area contributed by atoms with Gasteiger partial charge in [0.15, 0.2) is 0 Å². The minimum atomic E-state index is -0.973. The molecule has 0 aliphatic heterocycles. The summed E-state index contributed by atoms with van der Waals surface area (Å²) in [5.74, 6) is -0.999. The average molecular weight is 371 g/mol. The van der Waals surface area contributed by atoms with Crippen molar-refractivity contribution in [1.82, 2.24) is 19.7 Å². The first kappa shape index (κ1) is 18.2. The molecule has 7 nitrogen and oxygen atoms in total. The fraction of sp³-hybridized carbons (Fsp3) is 0.333. The van der Waals surface area contributed by atoms with Gasteiger partial charge in [-0.25, -0.2) is 9.67 Å². The number of hydrogen-bond donors (Lipinski definition) is 1. The van der Waals surface area contributed by atoms with Crippen LogP contribution >= 0.6 is 23.2 Å². The Morgan fingerprint density at radius 1 is 1.29 bits per heavy atom. The monoisotopic (exact) mass is 370 g/mol. The van der Waals surface area contributed by atoms with Crippen molar-refractivity contribution < 1.29 is 14.7 Å². The Kier molecular flexibility index (Phi) is 5.80. The molecule has 0 radical (unpaired) electrons. The molecule has 0 aliphatic carbocycles. The molecule has 24 heavy (non-hydrogen) atoms. The maximum atomic E-state index is 12.5. The van der Waals surface area contributed by atoms with Crippen LogP contribution in [-0.2, 0) is 4.79 Å². The van der Waals surface area contributed by atoms with E-state index in [2.05, 4.69) is 10.1 Å². The van der Waals surface area contributed by atoms with E-state index in [1.807, 2.05) is 0 Å². The van der Waals surface area contributed by atoms with Crippen molar-refractivity contribution in [3.8, 4) is 5.69 Å². The Bertz CT molecular complexity index is 756. The second-order valence-corrected chi connectivity index (χ2v) is 5.81. The number of carbonyl (C=O) groups is 2. The molecule has 128 valence electrons. The molecule has 1 heterocycles. The Hall–Kier alpha value is -2.12. The lowest BCUT2D eigenvalue weighted by atomic mass is 10.3. The first-order chi connectivity index (χ1) is 11.3. The number of amides is 1. The van der Waals surface area contributed by atoms with Crippen LogP contribution in [0.4, 0.5) is 0 Å². The fourth-order valence-electron chi connectivity index (χ4n) is 2.16. The molecular formula is C15H16Cl2N4O3. The van der Waals surface area contributed by atoms with E-state index in [1.165, 1.54) is 9.58 Å². The van der Waals surface area contributed by atoms with E-state index in [1.54, 1.807) is 32.0 Å². The zero-order valence-corrected chi connectivity index (χ0v) is 14.7. The molecular weight excluding hydrogens is 355 g/mol. The molecule has 1 aromatic carbocycles. The van der Waals surface area contributed by atoms with Crippen molar-refractivity contribution in [2.24, 2.45) is 0 Å². The number of nitrogens with zero attached hydrogens (tertiary/aromatic N) is 4. The highest BCUT2D eigenvalue weighted by Gasteiger charge is 2.22. The Morgan fingerprint density at radius 3 is 2.46 bits per heavy atom. The normalized spacial score (nSPS) is 10.7. The minimum absolute atomic E-state index is 0.0317. The van der Waals surface area contributed by atoms with Crippen LogP contribution in [0.1, 0.15) is 29.8 Å². The quantitative estimate of drug-likeness (QED) is 0.844. The van der Waals surface area contributed by atoms with Gasteiger partial charge in [-0.15, -0.1) is 5.10 Å². The van der Waals surface area contributed by atoms with Gasteiger partial charge in [-0.2, -0.15) is 0 Å². The van der Waals surface area contributed by atoms with Crippen LogP contribution in [0.5, 0.6) is 0 Å². The van der Waals surface area contributed by atoms with Crippen LogP contribution < -0.4 is 0 Å². The van der Waals surface area contributed by atoms with Crippen molar-refractivity contribution in [2.75, 3.05) is 13.1 Å². The van der Waals surface area contributed by atoms with Crippen LogP contribution in [-0.4, -0.2) is 49.7 Å². The summed E-state index contributed by atoms with van der Waals surface area (Å²) in [6.45, 7) is 3.88. The van der Waals surface area contributed by atoms with Gasteiger partial charge in [-0.1, -0.05) is 29.3 Å². The summed E-state index contributed by atoms with van der Waals surface area (Å²) in [5, 5.41) is 13.7. The first-order valence-corrected chi connectivity index (χ1v) is 7.99. The predicted octanol–water partition coefficient (Wildman–Crippen LogP) is 2.82. The molecule has 0 aliphatic rings. The summed E-state index contributed by atoms with van der Waals surface area (Å²) in [6, 6.07) is 5.03. The summed E-state index contributed by atoms with van der Waals surface area (Å²) in [4.78, 5) is 28.7. The molecule has 1 N–H and O–H groups in total. The average Bonchev–Trinajstić information content (AvgIpc) is 2.89. The van der Waals surface area contributed by atoms with Crippen molar-refractivity contribution in [3.63, 3.8) is 0 Å². The van der Waals surface area contributed by atoms with Gasteiger partial charge < -0.3 is 10.0 Å². The lowest BCUT2D eigenvalue weighted by molar-refractivity contribution is -0.137. The van der Waals surface area contributed by atoms with E-state index in [0.717, 1.165) is 0 Å². The van der Waals surface area contributed by atoms with Crippen LogP contribution in [0, 0.1) is 6.92 Å². The third-order valence-corrected chi connectivity index (χ3v) is 3.98. The molecule has 0 saturated heterocycles. The summed E-state index contributed by atoms with van der Waals surface area (Å²) < 4.78 is 1.41. The number of carboxylic acid groups (broad SMARTS) is 1. The molecule has 0 unspecified atom stereocenters. The lowest BCUT2D eigenvalue weighted by Gasteiger charge is -2.17. The Morgan fingerprint density at radius 2 is 1.92 bits per heavy atom. The van der Waals surface area contributed by atoms with Gasteiger partial charge in [0.2, 0.25) is 5.82 Å². The van der Waals surface area contributed by atoms with Gasteiger partial charge in [-0.3, -0.25) is 9.59 Å². The summed E-state index contributed by atoms with van der Waals surface area (Å²) in [5.41, 5.74) is 0.443. The van der Waals surface area contributed by atoms with Gasteiger partial charge in [0.1, 0.15) is 11.5 Å². The van der Waals surface area contributed by atoms with Gasteiger partial charge in [0.05, 0.1) is 16.5 Å². The zero-order valence-electron chi connectivity index (χ0n) is 13.2. The van der Waals surface area contributed by atoms with E-state index in [-0.39, 0.29) is 18.8 Å². The van der Waals surface area contributed by atoms with Gasteiger partial charge in [0, 0.05) is 13.1 Å². The highest BCUT2D eigenvalue weighted by atomic mass is 35.5. The van der Waals surface area contributed by atoms with Crippen molar-refractivity contribution >= 4 is 35.1 Å². The molecule has 2 rings (SSSR count). The molecule has 2 aromatic rings. The molecule has 9 heteroatoms. The molecule has 0 spiro atoms. The number of aryl methyl sites for hydroxylation is 1. The molecule has 0 atom stereocenters. The third kappa shape index (κ3) is 3.85. The molecule has 0 fully saturated rings. The van der Waals surface area contributed by atoms with E-state index >= 15 is 0 Å². The SMILES string of the molecule is CCN(CCC(=O)O)C(=O)c1nc(C)n(-c2c(Cl)cccc2Cl)n1. The van der Waals surface area contributed by atoms with E-state index in [0.29, 0.717) is 28.1 Å². The number of halogens is 2. The van der Waals surface area contributed by atoms with E-state index in [4.69, 9.17) is 28.3 Å². The van der Waals surface area contributed by atoms with Gasteiger partial charge >= 0.3 is 5.97 Å². The largest absolute Gasteiger partial charge is 0.481 e. The minimum Gasteiger partial charge on any atom is -0.481 e. The number of carboxylic acids is 1. The van der Waals surface area contributed by atoms with Gasteiger partial charge in [-0.05, 0) is 26.0 Å². The summed E-state index contributed by atoms with van der Waals surface area (Å²) in [6.07, 6.45) is -0.143. The van der Waals surface area contributed by atoms with Crippen LogP contribution in [0.25, 0.3) is 5.69 Å². The molecule has 0 saturated carbocycles. The zero-order chi connectivity index (χ0) is 17.9. The van der Waals surface area contributed by atoms with Gasteiger partial charge in [0.25, 0.3) is 5.91 Å². The first-order valence-electron chi connectivity index (χ1n) is 7.24. The highest BCUT2D eigenvalue weighted by molar-refractivity contribution is 6.37. The van der Waals surface area contributed by atoms with E-state index in [9.17, 15) is 9.59 Å².